The van der Waals surface area contributed by atoms with Crippen molar-refractivity contribution in [1.29, 1.82) is 0 Å². The van der Waals surface area contributed by atoms with Crippen molar-refractivity contribution in [3.05, 3.63) is 47.2 Å². The van der Waals surface area contributed by atoms with Gasteiger partial charge in [-0.25, -0.2) is 4.79 Å². The molecule has 4 nitrogen and oxygen atoms in total. The summed E-state index contributed by atoms with van der Waals surface area (Å²) < 4.78 is 5.43. The third kappa shape index (κ3) is 3.07. The summed E-state index contributed by atoms with van der Waals surface area (Å²) in [6, 6.07) is 9.44. The lowest BCUT2D eigenvalue weighted by molar-refractivity contribution is 0.187. The summed E-state index contributed by atoms with van der Waals surface area (Å²) in [7, 11) is 1.33. The first kappa shape index (κ1) is 12.6. The van der Waals surface area contributed by atoms with Crippen LogP contribution in [0.1, 0.15) is 0 Å². The number of benzene rings is 1. The van der Waals surface area contributed by atoms with Crippen LogP contribution in [0.5, 0.6) is 0 Å². The molecule has 2 rings (SSSR count). The van der Waals surface area contributed by atoms with Crippen LogP contribution in [0, 0.1) is 0 Å². The lowest BCUT2D eigenvalue weighted by atomic mass is 10.1. The fourth-order valence-corrected chi connectivity index (χ4v) is 2.02. The van der Waals surface area contributed by atoms with Crippen LogP contribution in [0.25, 0.3) is 11.1 Å². The second-order valence-corrected chi connectivity index (χ2v) is 4.50. The van der Waals surface area contributed by atoms with Gasteiger partial charge in [0.15, 0.2) is 0 Å². The van der Waals surface area contributed by atoms with Gasteiger partial charge in [0.1, 0.15) is 0 Å². The molecule has 0 spiro atoms. The molecule has 5 heteroatoms. The predicted molar refractivity (Wildman–Crippen MR) is 73.4 cm³/mol. The number of carbonyl (C=O) groups excluding carboxylic acids is 1. The van der Waals surface area contributed by atoms with E-state index in [0.29, 0.717) is 5.69 Å². The minimum Gasteiger partial charge on any atom is -0.453 e. The Labute approximate surface area is 113 Å². The van der Waals surface area contributed by atoms with Gasteiger partial charge in [0.25, 0.3) is 0 Å². The number of aromatic nitrogens is 1. The number of carbonyl (C=O) groups is 1. The van der Waals surface area contributed by atoms with Crippen LogP contribution in [0.2, 0.25) is 0 Å². The molecule has 0 saturated carbocycles. The summed E-state index contributed by atoms with van der Waals surface area (Å²) in [4.78, 5) is 15.2. The van der Waals surface area contributed by atoms with Gasteiger partial charge in [-0.05, 0) is 29.8 Å². The first-order valence-corrected chi connectivity index (χ1v) is 6.04. The number of methoxy groups -OCH3 is 1. The SMILES string of the molecule is COC(=O)Nc1cc(Br)cc(-c2cccnc2)c1. The second kappa shape index (κ2) is 5.64. The zero-order valence-electron chi connectivity index (χ0n) is 9.68. The molecule has 0 unspecified atom stereocenters. The number of hydrogen-bond donors (Lipinski definition) is 1. The zero-order valence-corrected chi connectivity index (χ0v) is 11.3. The number of amides is 1. The van der Waals surface area contributed by atoms with Gasteiger partial charge in [-0.2, -0.15) is 0 Å². The van der Waals surface area contributed by atoms with E-state index in [0.717, 1.165) is 15.6 Å². The number of anilines is 1. The number of rotatable bonds is 2. The average molecular weight is 307 g/mol. The molecule has 1 aromatic heterocycles. The van der Waals surface area contributed by atoms with Gasteiger partial charge >= 0.3 is 6.09 Å². The number of nitrogens with zero attached hydrogens (tertiary/aromatic N) is 1. The summed E-state index contributed by atoms with van der Waals surface area (Å²) in [5.41, 5.74) is 2.60. The van der Waals surface area contributed by atoms with E-state index in [-0.39, 0.29) is 0 Å². The van der Waals surface area contributed by atoms with E-state index in [2.05, 4.69) is 31.0 Å². The van der Waals surface area contributed by atoms with Crippen molar-refractivity contribution in [2.24, 2.45) is 0 Å². The standard InChI is InChI=1S/C13H11BrN2O2/c1-18-13(17)16-12-6-10(5-11(14)7-12)9-3-2-4-15-8-9/h2-8H,1H3,(H,16,17). The normalized spacial score (nSPS) is 9.89. The van der Waals surface area contributed by atoms with Crippen LogP contribution in [-0.2, 0) is 4.74 Å². The van der Waals surface area contributed by atoms with E-state index >= 15 is 0 Å². The summed E-state index contributed by atoms with van der Waals surface area (Å²) in [6.07, 6.45) is 2.99. The van der Waals surface area contributed by atoms with E-state index in [1.165, 1.54) is 7.11 Å². The highest BCUT2D eigenvalue weighted by Gasteiger charge is 2.05. The molecule has 0 saturated heterocycles. The molecule has 0 bridgehead atoms. The molecule has 18 heavy (non-hydrogen) atoms. The van der Waals surface area contributed by atoms with Crippen molar-refractivity contribution in [2.75, 3.05) is 12.4 Å². The Kier molecular flexibility index (Phi) is 3.94. The molecule has 1 amide bonds. The molecule has 1 N–H and O–H groups in total. The van der Waals surface area contributed by atoms with Crippen LogP contribution in [-0.4, -0.2) is 18.2 Å². The number of pyridine rings is 1. The second-order valence-electron chi connectivity index (χ2n) is 3.59. The Balaban J connectivity index is 2.35. The predicted octanol–water partition coefficient (Wildman–Crippen LogP) is 3.69. The first-order chi connectivity index (χ1) is 8.69. The van der Waals surface area contributed by atoms with Gasteiger partial charge in [-0.1, -0.05) is 22.0 Å². The van der Waals surface area contributed by atoms with Crippen molar-refractivity contribution in [3.8, 4) is 11.1 Å². The highest BCUT2D eigenvalue weighted by molar-refractivity contribution is 9.10. The van der Waals surface area contributed by atoms with Gasteiger partial charge < -0.3 is 4.74 Å². The molecular formula is C13H11BrN2O2. The first-order valence-electron chi connectivity index (χ1n) is 5.25. The zero-order chi connectivity index (χ0) is 13.0. The van der Waals surface area contributed by atoms with Crippen LogP contribution >= 0.6 is 15.9 Å². The number of hydrogen-bond acceptors (Lipinski definition) is 3. The lowest BCUT2D eigenvalue weighted by Crippen LogP contribution is -2.10. The third-order valence-electron chi connectivity index (χ3n) is 2.32. The van der Waals surface area contributed by atoms with Gasteiger partial charge in [-0.15, -0.1) is 0 Å². The molecule has 0 fully saturated rings. The van der Waals surface area contributed by atoms with E-state index < -0.39 is 6.09 Å². The van der Waals surface area contributed by atoms with Crippen molar-refractivity contribution in [1.82, 2.24) is 4.98 Å². The maximum Gasteiger partial charge on any atom is 0.411 e. The molecule has 2 aromatic rings. The minimum absolute atomic E-state index is 0.495. The van der Waals surface area contributed by atoms with E-state index in [9.17, 15) is 4.79 Å². The fourth-order valence-electron chi connectivity index (χ4n) is 1.53. The Morgan fingerprint density at radius 1 is 1.33 bits per heavy atom. The lowest BCUT2D eigenvalue weighted by Gasteiger charge is -2.07. The smallest absolute Gasteiger partial charge is 0.411 e. The van der Waals surface area contributed by atoms with E-state index in [1.807, 2.05) is 24.3 Å². The summed E-state index contributed by atoms with van der Waals surface area (Å²) in [5.74, 6) is 0. The summed E-state index contributed by atoms with van der Waals surface area (Å²) in [6.45, 7) is 0. The quantitative estimate of drug-likeness (QED) is 0.920. The Morgan fingerprint density at radius 2 is 2.17 bits per heavy atom. The molecule has 0 atom stereocenters. The van der Waals surface area contributed by atoms with E-state index in [4.69, 9.17) is 0 Å². The summed E-state index contributed by atoms with van der Waals surface area (Å²) in [5, 5.41) is 2.63. The van der Waals surface area contributed by atoms with Crippen LogP contribution < -0.4 is 5.32 Å². The fraction of sp³-hybridized carbons (Fsp3) is 0.0769. The van der Waals surface area contributed by atoms with Crippen molar-refractivity contribution >= 4 is 27.7 Å². The molecule has 0 radical (unpaired) electrons. The van der Waals surface area contributed by atoms with Crippen molar-refractivity contribution in [2.45, 2.75) is 0 Å². The third-order valence-corrected chi connectivity index (χ3v) is 2.78. The van der Waals surface area contributed by atoms with Crippen molar-refractivity contribution < 1.29 is 9.53 Å². The number of halogens is 1. The topological polar surface area (TPSA) is 51.2 Å². The largest absolute Gasteiger partial charge is 0.453 e. The highest BCUT2D eigenvalue weighted by atomic mass is 79.9. The van der Waals surface area contributed by atoms with Gasteiger partial charge in [-0.3, -0.25) is 10.3 Å². The van der Waals surface area contributed by atoms with Crippen LogP contribution in [0.15, 0.2) is 47.2 Å². The molecule has 1 aromatic carbocycles. The van der Waals surface area contributed by atoms with Crippen LogP contribution in [0.3, 0.4) is 0 Å². The van der Waals surface area contributed by atoms with Gasteiger partial charge in [0, 0.05) is 28.1 Å². The Bertz CT molecular complexity index is 558. The molecule has 0 aliphatic carbocycles. The summed E-state index contributed by atoms with van der Waals surface area (Å²) >= 11 is 3.41. The van der Waals surface area contributed by atoms with Gasteiger partial charge in [0.2, 0.25) is 0 Å². The molecule has 1 heterocycles. The maximum atomic E-state index is 11.2. The van der Waals surface area contributed by atoms with Crippen LogP contribution in [0.4, 0.5) is 10.5 Å². The molecule has 0 aliphatic rings. The minimum atomic E-state index is -0.495. The highest BCUT2D eigenvalue weighted by Crippen LogP contribution is 2.27. The molecular weight excluding hydrogens is 296 g/mol. The molecule has 0 aliphatic heterocycles. The monoisotopic (exact) mass is 306 g/mol. The molecule has 92 valence electrons. The Morgan fingerprint density at radius 3 is 2.83 bits per heavy atom. The average Bonchev–Trinajstić information content (AvgIpc) is 2.39. The van der Waals surface area contributed by atoms with Gasteiger partial charge in [0.05, 0.1) is 7.11 Å². The Hall–Kier alpha value is -1.88. The van der Waals surface area contributed by atoms with E-state index in [1.54, 1.807) is 18.5 Å². The maximum absolute atomic E-state index is 11.2. The van der Waals surface area contributed by atoms with Crippen molar-refractivity contribution in [3.63, 3.8) is 0 Å². The number of ether oxygens (including phenoxy) is 1. The number of nitrogens with one attached hydrogen (secondary N) is 1.